The number of esters is 1. The van der Waals surface area contributed by atoms with Gasteiger partial charge in [-0.2, -0.15) is 0 Å². The van der Waals surface area contributed by atoms with Crippen LogP contribution < -0.4 is 10.1 Å². The second kappa shape index (κ2) is 7.49. The van der Waals surface area contributed by atoms with Crippen molar-refractivity contribution in [2.45, 2.75) is 12.8 Å². The van der Waals surface area contributed by atoms with Gasteiger partial charge < -0.3 is 19.9 Å². The van der Waals surface area contributed by atoms with Gasteiger partial charge in [0.1, 0.15) is 18.1 Å². The van der Waals surface area contributed by atoms with Crippen molar-refractivity contribution in [1.82, 2.24) is 5.32 Å². The van der Waals surface area contributed by atoms with Gasteiger partial charge in [0.15, 0.2) is 0 Å². The predicted octanol–water partition coefficient (Wildman–Crippen LogP) is 1.18. The lowest BCUT2D eigenvalue weighted by Gasteiger charge is -2.24. The Balaban J connectivity index is 1.78. The van der Waals surface area contributed by atoms with Crippen LogP contribution in [0.25, 0.3) is 0 Å². The molecule has 0 saturated heterocycles. The normalized spacial score (nSPS) is 16.7. The zero-order valence-corrected chi connectivity index (χ0v) is 12.4. The molecule has 22 heavy (non-hydrogen) atoms. The lowest BCUT2D eigenvalue weighted by molar-refractivity contribution is -0.134. The van der Waals surface area contributed by atoms with Crippen molar-refractivity contribution in [3.63, 3.8) is 0 Å². The molecule has 0 bridgehead atoms. The first-order chi connectivity index (χ1) is 10.6. The Morgan fingerprint density at radius 3 is 3.09 bits per heavy atom. The van der Waals surface area contributed by atoms with Gasteiger partial charge in [0, 0.05) is 18.7 Å². The van der Waals surface area contributed by atoms with Crippen molar-refractivity contribution in [2.24, 2.45) is 5.92 Å². The van der Waals surface area contributed by atoms with E-state index in [2.05, 4.69) is 10.1 Å². The van der Waals surface area contributed by atoms with Crippen molar-refractivity contribution < 1.29 is 24.2 Å². The van der Waals surface area contributed by atoms with Crippen LogP contribution in [0.15, 0.2) is 30.4 Å². The first-order valence-corrected chi connectivity index (χ1v) is 7.07. The van der Waals surface area contributed by atoms with E-state index in [1.54, 1.807) is 24.3 Å². The average Bonchev–Trinajstić information content (AvgIpc) is 2.53. The second-order valence-corrected chi connectivity index (χ2v) is 5.01. The highest BCUT2D eigenvalue weighted by molar-refractivity contribution is 5.81. The van der Waals surface area contributed by atoms with Crippen LogP contribution in [-0.2, 0) is 20.7 Å². The van der Waals surface area contributed by atoms with Gasteiger partial charge in [-0.05, 0) is 24.5 Å². The van der Waals surface area contributed by atoms with E-state index in [1.165, 1.54) is 13.2 Å². The van der Waals surface area contributed by atoms with Crippen molar-refractivity contribution in [3.8, 4) is 11.5 Å². The van der Waals surface area contributed by atoms with Crippen molar-refractivity contribution in [1.29, 1.82) is 0 Å². The number of aromatic hydroxyl groups is 1. The van der Waals surface area contributed by atoms with Gasteiger partial charge in [0.25, 0.3) is 0 Å². The Morgan fingerprint density at radius 1 is 1.50 bits per heavy atom. The number of hydrogen-bond acceptors (Lipinski definition) is 5. The van der Waals surface area contributed by atoms with E-state index in [1.807, 2.05) is 0 Å². The van der Waals surface area contributed by atoms with Gasteiger partial charge in [-0.25, -0.2) is 4.79 Å². The quantitative estimate of drug-likeness (QED) is 0.485. The Hall–Kier alpha value is -2.50. The summed E-state index contributed by atoms with van der Waals surface area (Å²) in [4.78, 5) is 22.9. The summed E-state index contributed by atoms with van der Waals surface area (Å²) in [5.74, 6) is 0.0443. The predicted molar refractivity (Wildman–Crippen MR) is 79.6 cm³/mol. The topological polar surface area (TPSA) is 84.9 Å². The maximum atomic E-state index is 12.1. The third-order valence-electron chi connectivity index (χ3n) is 3.39. The zero-order valence-electron chi connectivity index (χ0n) is 12.4. The SMILES string of the molecule is COC(=O)/C=C/CCNC(=O)C1COc2cc(O)ccc2C1. The molecule has 1 aromatic rings. The van der Waals surface area contributed by atoms with Crippen LogP contribution in [-0.4, -0.2) is 37.2 Å². The highest BCUT2D eigenvalue weighted by atomic mass is 16.5. The largest absolute Gasteiger partial charge is 0.508 e. The van der Waals surface area contributed by atoms with E-state index in [0.717, 1.165) is 5.56 Å². The molecule has 0 fully saturated rings. The second-order valence-electron chi connectivity index (χ2n) is 5.01. The van der Waals surface area contributed by atoms with E-state index < -0.39 is 5.97 Å². The number of nitrogens with one attached hydrogen (secondary N) is 1. The number of phenols is 1. The minimum absolute atomic E-state index is 0.0785. The number of fused-ring (bicyclic) bond motifs is 1. The molecule has 1 heterocycles. The van der Waals surface area contributed by atoms with E-state index in [-0.39, 0.29) is 17.6 Å². The molecule has 0 aliphatic carbocycles. The van der Waals surface area contributed by atoms with E-state index in [9.17, 15) is 14.7 Å². The summed E-state index contributed by atoms with van der Waals surface area (Å²) >= 11 is 0. The zero-order chi connectivity index (χ0) is 15.9. The summed E-state index contributed by atoms with van der Waals surface area (Å²) in [5, 5.41) is 12.2. The number of carbonyl (C=O) groups excluding carboxylic acids is 2. The molecule has 6 nitrogen and oxygen atoms in total. The summed E-state index contributed by atoms with van der Waals surface area (Å²) < 4.78 is 9.98. The maximum absolute atomic E-state index is 12.1. The molecule has 0 spiro atoms. The minimum atomic E-state index is -0.410. The molecule has 1 aliphatic rings. The number of carbonyl (C=O) groups is 2. The van der Waals surface area contributed by atoms with Crippen LogP contribution in [0.5, 0.6) is 11.5 Å². The molecule has 0 radical (unpaired) electrons. The third kappa shape index (κ3) is 4.25. The average molecular weight is 305 g/mol. The highest BCUT2D eigenvalue weighted by Crippen LogP contribution is 2.30. The van der Waals surface area contributed by atoms with Crippen LogP contribution in [0, 0.1) is 5.92 Å². The van der Waals surface area contributed by atoms with Gasteiger partial charge in [-0.3, -0.25) is 4.79 Å². The molecule has 118 valence electrons. The minimum Gasteiger partial charge on any atom is -0.508 e. The summed E-state index contributed by atoms with van der Waals surface area (Å²) in [6.45, 7) is 0.742. The smallest absolute Gasteiger partial charge is 0.330 e. The number of benzene rings is 1. The number of phenolic OH excluding ortho intramolecular Hbond substituents is 1. The summed E-state index contributed by atoms with van der Waals surface area (Å²) in [5.41, 5.74) is 0.912. The Bertz CT molecular complexity index is 582. The molecule has 2 rings (SSSR count). The molecule has 1 atom stereocenters. The summed E-state index contributed by atoms with van der Waals surface area (Å²) in [6, 6.07) is 4.91. The molecule has 0 aromatic heterocycles. The molecule has 1 aromatic carbocycles. The van der Waals surface area contributed by atoms with E-state index in [0.29, 0.717) is 31.7 Å². The lowest BCUT2D eigenvalue weighted by Crippen LogP contribution is -2.37. The van der Waals surface area contributed by atoms with Crippen LogP contribution in [0.3, 0.4) is 0 Å². The Kier molecular flexibility index (Phi) is 5.41. The van der Waals surface area contributed by atoms with Gasteiger partial charge in [-0.1, -0.05) is 12.1 Å². The molecule has 1 aliphatic heterocycles. The number of rotatable bonds is 5. The lowest BCUT2D eigenvalue weighted by atomic mass is 9.96. The molecule has 1 unspecified atom stereocenters. The fourth-order valence-corrected chi connectivity index (χ4v) is 2.20. The number of methoxy groups -OCH3 is 1. The first-order valence-electron chi connectivity index (χ1n) is 7.07. The van der Waals surface area contributed by atoms with Gasteiger partial charge >= 0.3 is 5.97 Å². The summed E-state index contributed by atoms with van der Waals surface area (Å²) in [6.07, 6.45) is 4.12. The van der Waals surface area contributed by atoms with Gasteiger partial charge in [-0.15, -0.1) is 0 Å². The third-order valence-corrected chi connectivity index (χ3v) is 3.39. The van der Waals surface area contributed by atoms with Gasteiger partial charge in [0.2, 0.25) is 5.91 Å². The number of hydrogen-bond donors (Lipinski definition) is 2. The fraction of sp³-hybridized carbons (Fsp3) is 0.375. The van der Waals surface area contributed by atoms with Crippen molar-refractivity contribution >= 4 is 11.9 Å². The molecule has 6 heteroatoms. The van der Waals surface area contributed by atoms with Crippen LogP contribution >= 0.6 is 0 Å². The number of ether oxygens (including phenoxy) is 2. The Labute approximate surface area is 128 Å². The first kappa shape index (κ1) is 15.9. The molecule has 0 saturated carbocycles. The highest BCUT2D eigenvalue weighted by Gasteiger charge is 2.25. The fourth-order valence-electron chi connectivity index (χ4n) is 2.20. The Morgan fingerprint density at radius 2 is 2.32 bits per heavy atom. The van der Waals surface area contributed by atoms with Crippen LogP contribution in [0.2, 0.25) is 0 Å². The standard InChI is InChI=1S/C16H19NO5/c1-21-15(19)4-2-3-7-17-16(20)12-8-11-5-6-13(18)9-14(11)22-10-12/h2,4-6,9,12,18H,3,7-8,10H2,1H3,(H,17,20)/b4-2+. The molecule has 1 amide bonds. The van der Waals surface area contributed by atoms with Crippen molar-refractivity contribution in [3.05, 3.63) is 35.9 Å². The van der Waals surface area contributed by atoms with E-state index in [4.69, 9.17) is 4.74 Å². The van der Waals surface area contributed by atoms with Gasteiger partial charge in [0.05, 0.1) is 13.0 Å². The van der Waals surface area contributed by atoms with Crippen LogP contribution in [0.1, 0.15) is 12.0 Å². The van der Waals surface area contributed by atoms with Crippen molar-refractivity contribution in [2.75, 3.05) is 20.3 Å². The molecular formula is C16H19NO5. The number of amides is 1. The molecule has 2 N–H and O–H groups in total. The maximum Gasteiger partial charge on any atom is 0.330 e. The monoisotopic (exact) mass is 305 g/mol. The molecular weight excluding hydrogens is 286 g/mol. The van der Waals surface area contributed by atoms with E-state index >= 15 is 0 Å². The summed E-state index contributed by atoms with van der Waals surface area (Å²) in [7, 11) is 1.31. The van der Waals surface area contributed by atoms with Crippen LogP contribution in [0.4, 0.5) is 0 Å².